The SMILES string of the molecule is CCN(CC)S(=O)(=O)c1ccc(C)c(NCC(=O)Nc2ccc3c(c2)OCO3)c1. The van der Waals surface area contributed by atoms with Gasteiger partial charge in [0.1, 0.15) is 0 Å². The highest BCUT2D eigenvalue weighted by atomic mass is 32.2. The number of aryl methyl sites for hydroxylation is 1. The zero-order valence-electron chi connectivity index (χ0n) is 16.7. The first-order valence-electron chi connectivity index (χ1n) is 9.39. The van der Waals surface area contributed by atoms with Crippen molar-refractivity contribution in [3.63, 3.8) is 0 Å². The minimum atomic E-state index is -3.57. The molecule has 0 saturated carbocycles. The van der Waals surface area contributed by atoms with Crippen LogP contribution in [0.4, 0.5) is 11.4 Å². The van der Waals surface area contributed by atoms with Crippen LogP contribution in [0.2, 0.25) is 0 Å². The van der Waals surface area contributed by atoms with Crippen molar-refractivity contribution in [2.45, 2.75) is 25.7 Å². The van der Waals surface area contributed by atoms with Crippen LogP contribution in [-0.4, -0.2) is 45.1 Å². The molecule has 0 bridgehead atoms. The van der Waals surface area contributed by atoms with Crippen LogP contribution < -0.4 is 20.1 Å². The quantitative estimate of drug-likeness (QED) is 0.683. The van der Waals surface area contributed by atoms with Crippen molar-refractivity contribution in [1.82, 2.24) is 4.31 Å². The fourth-order valence-corrected chi connectivity index (χ4v) is 4.50. The van der Waals surface area contributed by atoms with Crippen molar-refractivity contribution in [1.29, 1.82) is 0 Å². The van der Waals surface area contributed by atoms with Crippen LogP contribution in [0.5, 0.6) is 11.5 Å². The number of nitrogens with zero attached hydrogens (tertiary/aromatic N) is 1. The van der Waals surface area contributed by atoms with Gasteiger partial charge in [0.05, 0.1) is 11.4 Å². The molecule has 0 unspecified atom stereocenters. The summed E-state index contributed by atoms with van der Waals surface area (Å²) < 4.78 is 37.4. The summed E-state index contributed by atoms with van der Waals surface area (Å²) in [7, 11) is -3.57. The molecule has 3 rings (SSSR count). The summed E-state index contributed by atoms with van der Waals surface area (Å²) >= 11 is 0. The van der Waals surface area contributed by atoms with E-state index in [-0.39, 0.29) is 24.1 Å². The summed E-state index contributed by atoms with van der Waals surface area (Å²) in [6.45, 7) is 6.40. The van der Waals surface area contributed by atoms with Crippen molar-refractivity contribution >= 4 is 27.3 Å². The first-order chi connectivity index (χ1) is 13.8. The van der Waals surface area contributed by atoms with Gasteiger partial charge in [-0.1, -0.05) is 19.9 Å². The Hall–Kier alpha value is -2.78. The average Bonchev–Trinajstić information content (AvgIpc) is 3.15. The van der Waals surface area contributed by atoms with E-state index in [2.05, 4.69) is 10.6 Å². The number of carbonyl (C=O) groups excluding carboxylic acids is 1. The monoisotopic (exact) mass is 419 g/mol. The van der Waals surface area contributed by atoms with E-state index in [1.165, 1.54) is 4.31 Å². The van der Waals surface area contributed by atoms with Crippen LogP contribution in [0.25, 0.3) is 0 Å². The van der Waals surface area contributed by atoms with Crippen molar-refractivity contribution in [3.05, 3.63) is 42.0 Å². The average molecular weight is 420 g/mol. The van der Waals surface area contributed by atoms with Gasteiger partial charge in [0.15, 0.2) is 11.5 Å². The van der Waals surface area contributed by atoms with E-state index in [1.54, 1.807) is 50.2 Å². The molecule has 0 saturated heterocycles. The number of hydrogen-bond donors (Lipinski definition) is 2. The predicted molar refractivity (Wildman–Crippen MR) is 111 cm³/mol. The summed E-state index contributed by atoms with van der Waals surface area (Å²) in [6, 6.07) is 10.0. The number of anilines is 2. The van der Waals surface area contributed by atoms with Crippen molar-refractivity contribution in [2.24, 2.45) is 0 Å². The second kappa shape index (κ2) is 8.71. The van der Waals surface area contributed by atoms with E-state index < -0.39 is 10.0 Å². The lowest BCUT2D eigenvalue weighted by molar-refractivity contribution is -0.114. The maximum Gasteiger partial charge on any atom is 0.243 e. The highest BCUT2D eigenvalue weighted by Gasteiger charge is 2.22. The molecule has 0 radical (unpaired) electrons. The molecule has 1 aliphatic heterocycles. The van der Waals surface area contributed by atoms with Gasteiger partial charge >= 0.3 is 0 Å². The van der Waals surface area contributed by atoms with Gasteiger partial charge in [0.2, 0.25) is 22.7 Å². The summed E-state index contributed by atoms with van der Waals surface area (Å²) in [4.78, 5) is 12.5. The number of ether oxygens (including phenoxy) is 2. The third-order valence-electron chi connectivity index (χ3n) is 4.65. The van der Waals surface area contributed by atoms with Crippen LogP contribution >= 0.6 is 0 Å². The van der Waals surface area contributed by atoms with Crippen LogP contribution in [0, 0.1) is 6.92 Å². The number of amides is 1. The number of rotatable bonds is 8. The molecule has 9 heteroatoms. The largest absolute Gasteiger partial charge is 0.454 e. The Balaban J connectivity index is 1.68. The molecule has 0 aromatic heterocycles. The molecule has 8 nitrogen and oxygen atoms in total. The van der Waals surface area contributed by atoms with E-state index in [9.17, 15) is 13.2 Å². The number of sulfonamides is 1. The van der Waals surface area contributed by atoms with Gasteiger partial charge in [-0.15, -0.1) is 0 Å². The lowest BCUT2D eigenvalue weighted by Crippen LogP contribution is -2.30. The Morgan fingerprint density at radius 2 is 1.79 bits per heavy atom. The van der Waals surface area contributed by atoms with Gasteiger partial charge in [-0.3, -0.25) is 4.79 Å². The molecular weight excluding hydrogens is 394 g/mol. The van der Waals surface area contributed by atoms with Gasteiger partial charge in [0.25, 0.3) is 0 Å². The van der Waals surface area contributed by atoms with E-state index in [0.717, 1.165) is 5.56 Å². The fraction of sp³-hybridized carbons (Fsp3) is 0.350. The van der Waals surface area contributed by atoms with Gasteiger partial charge < -0.3 is 20.1 Å². The first kappa shape index (κ1) is 20.9. The molecule has 0 spiro atoms. The van der Waals surface area contributed by atoms with E-state index in [1.807, 2.05) is 6.92 Å². The van der Waals surface area contributed by atoms with E-state index in [0.29, 0.717) is 36.0 Å². The summed E-state index contributed by atoms with van der Waals surface area (Å²) in [5.41, 5.74) is 2.04. The molecule has 2 aromatic carbocycles. The molecule has 0 aliphatic carbocycles. The smallest absolute Gasteiger partial charge is 0.243 e. The second-order valence-corrected chi connectivity index (χ2v) is 8.47. The molecule has 1 heterocycles. The standard InChI is InChI=1S/C20H25N3O5S/c1-4-23(5-2)29(25,26)16-8-6-14(3)17(11-16)21-12-20(24)22-15-7-9-18-19(10-15)28-13-27-18/h6-11,21H,4-5,12-13H2,1-3H3,(H,22,24). The number of nitrogens with one attached hydrogen (secondary N) is 2. The molecule has 1 amide bonds. The van der Waals surface area contributed by atoms with Crippen molar-refractivity contribution < 1.29 is 22.7 Å². The second-order valence-electron chi connectivity index (χ2n) is 6.54. The minimum Gasteiger partial charge on any atom is -0.454 e. The van der Waals surface area contributed by atoms with Gasteiger partial charge in [0, 0.05) is 30.5 Å². The molecule has 0 fully saturated rings. The lowest BCUT2D eigenvalue weighted by atomic mass is 10.2. The first-order valence-corrected chi connectivity index (χ1v) is 10.8. The number of fused-ring (bicyclic) bond motifs is 1. The summed E-state index contributed by atoms with van der Waals surface area (Å²) in [5.74, 6) is 0.962. The van der Waals surface area contributed by atoms with E-state index in [4.69, 9.17) is 9.47 Å². The summed E-state index contributed by atoms with van der Waals surface area (Å²) in [6.07, 6.45) is 0. The third kappa shape index (κ3) is 4.63. The molecular formula is C20H25N3O5S. The molecule has 1 aliphatic rings. The van der Waals surface area contributed by atoms with Crippen LogP contribution in [-0.2, 0) is 14.8 Å². The topological polar surface area (TPSA) is 97.0 Å². The molecule has 2 N–H and O–H groups in total. The maximum absolute atomic E-state index is 12.7. The number of benzene rings is 2. The Labute approximate surface area is 170 Å². The Morgan fingerprint density at radius 3 is 2.52 bits per heavy atom. The molecule has 0 atom stereocenters. The highest BCUT2D eigenvalue weighted by molar-refractivity contribution is 7.89. The van der Waals surface area contributed by atoms with E-state index >= 15 is 0 Å². The summed E-state index contributed by atoms with van der Waals surface area (Å²) in [5, 5.41) is 5.80. The lowest BCUT2D eigenvalue weighted by Gasteiger charge is -2.19. The zero-order chi connectivity index (χ0) is 21.0. The third-order valence-corrected chi connectivity index (χ3v) is 6.69. The number of carbonyl (C=O) groups is 1. The molecule has 156 valence electrons. The van der Waals surface area contributed by atoms with Gasteiger partial charge in [-0.05, 0) is 36.8 Å². The van der Waals surface area contributed by atoms with Crippen molar-refractivity contribution in [2.75, 3.05) is 37.1 Å². The van der Waals surface area contributed by atoms with Gasteiger partial charge in [-0.2, -0.15) is 4.31 Å². The normalized spacial score (nSPS) is 12.8. The fourth-order valence-electron chi connectivity index (χ4n) is 3.02. The Morgan fingerprint density at radius 1 is 1.07 bits per heavy atom. The highest BCUT2D eigenvalue weighted by Crippen LogP contribution is 2.34. The Bertz CT molecular complexity index is 1000. The minimum absolute atomic E-state index is 0.00987. The van der Waals surface area contributed by atoms with Crippen LogP contribution in [0.1, 0.15) is 19.4 Å². The van der Waals surface area contributed by atoms with Crippen molar-refractivity contribution in [3.8, 4) is 11.5 Å². The zero-order valence-corrected chi connectivity index (χ0v) is 17.5. The van der Waals surface area contributed by atoms with Gasteiger partial charge in [-0.25, -0.2) is 8.42 Å². The predicted octanol–water partition coefficient (Wildman–Crippen LogP) is 2.80. The molecule has 2 aromatic rings. The molecule has 29 heavy (non-hydrogen) atoms. The number of hydrogen-bond acceptors (Lipinski definition) is 6. The Kier molecular flexibility index (Phi) is 6.29. The van der Waals surface area contributed by atoms with Crippen LogP contribution in [0.3, 0.4) is 0 Å². The maximum atomic E-state index is 12.7. The van der Waals surface area contributed by atoms with Crippen LogP contribution in [0.15, 0.2) is 41.3 Å².